The first-order valence-corrected chi connectivity index (χ1v) is 9.27. The highest BCUT2D eigenvalue weighted by Gasteiger charge is 2.24. The maximum Gasteiger partial charge on any atom is 0.227 e. The van der Waals surface area contributed by atoms with Crippen molar-refractivity contribution in [2.45, 2.75) is 32.8 Å². The molecule has 160 valence electrons. The number of anilines is 1. The van der Waals surface area contributed by atoms with Gasteiger partial charge < -0.3 is 21.1 Å². The van der Waals surface area contributed by atoms with E-state index in [0.717, 1.165) is 5.69 Å². The van der Waals surface area contributed by atoms with Crippen molar-refractivity contribution in [2.75, 3.05) is 25.0 Å². The molecule has 0 saturated carbocycles. The fraction of sp³-hybridized carbons (Fsp3) is 0.474. The predicted molar refractivity (Wildman–Crippen MR) is 124 cm³/mol. The lowest BCUT2D eigenvalue weighted by atomic mass is 10.0. The molecule has 0 bridgehead atoms. The number of aliphatic hydroxyl groups is 1. The van der Waals surface area contributed by atoms with Crippen LogP contribution in [0.2, 0.25) is 0 Å². The van der Waals surface area contributed by atoms with Crippen molar-refractivity contribution in [3.63, 3.8) is 0 Å². The SMILES string of the molecule is CCNC(=NCC(C)(O)c1cnn(C)c1)NCCC(=O)Nc1cccc(C)n1.I. The number of aromatic nitrogens is 3. The number of aryl methyl sites for hydroxylation is 2. The van der Waals surface area contributed by atoms with E-state index in [1.165, 1.54) is 0 Å². The Kier molecular flexibility index (Phi) is 10.0. The topological polar surface area (TPSA) is 116 Å². The van der Waals surface area contributed by atoms with Crippen LogP contribution in [0.25, 0.3) is 0 Å². The van der Waals surface area contributed by atoms with Gasteiger partial charge in [0.1, 0.15) is 11.4 Å². The minimum absolute atomic E-state index is 0. The normalized spacial score (nSPS) is 13.2. The second-order valence-electron chi connectivity index (χ2n) is 6.76. The van der Waals surface area contributed by atoms with Crippen molar-refractivity contribution in [3.8, 4) is 0 Å². The first kappa shape index (κ1) is 24.8. The molecule has 1 unspecified atom stereocenters. The monoisotopic (exact) mass is 515 g/mol. The number of nitrogens with zero attached hydrogens (tertiary/aromatic N) is 4. The maximum absolute atomic E-state index is 12.1. The highest BCUT2D eigenvalue weighted by molar-refractivity contribution is 14.0. The number of aliphatic imine (C=N–C) groups is 1. The smallest absolute Gasteiger partial charge is 0.227 e. The molecule has 0 aliphatic rings. The second-order valence-corrected chi connectivity index (χ2v) is 6.76. The number of pyridine rings is 1. The third-order valence-corrected chi connectivity index (χ3v) is 4.02. The Bertz CT molecular complexity index is 820. The van der Waals surface area contributed by atoms with E-state index in [1.807, 2.05) is 26.0 Å². The van der Waals surface area contributed by atoms with Crippen molar-refractivity contribution in [2.24, 2.45) is 12.0 Å². The largest absolute Gasteiger partial charge is 0.383 e. The molecule has 0 aliphatic heterocycles. The van der Waals surface area contributed by atoms with Gasteiger partial charge in [0.15, 0.2) is 5.96 Å². The van der Waals surface area contributed by atoms with Crippen LogP contribution in [0.4, 0.5) is 5.82 Å². The molecular formula is C19H30IN7O2. The van der Waals surface area contributed by atoms with E-state index >= 15 is 0 Å². The van der Waals surface area contributed by atoms with Gasteiger partial charge >= 0.3 is 0 Å². The fourth-order valence-electron chi connectivity index (χ4n) is 2.48. The molecule has 1 amide bonds. The summed E-state index contributed by atoms with van der Waals surface area (Å²) in [5.74, 6) is 0.940. The molecule has 0 saturated heterocycles. The van der Waals surface area contributed by atoms with Gasteiger partial charge in [0.25, 0.3) is 0 Å². The molecule has 0 spiro atoms. The molecule has 4 N–H and O–H groups in total. The Labute approximate surface area is 188 Å². The Morgan fingerprint density at radius 1 is 1.34 bits per heavy atom. The fourth-order valence-corrected chi connectivity index (χ4v) is 2.48. The molecule has 9 nitrogen and oxygen atoms in total. The molecule has 0 aromatic carbocycles. The summed E-state index contributed by atoms with van der Waals surface area (Å²) in [5, 5.41) is 23.7. The highest BCUT2D eigenvalue weighted by Crippen LogP contribution is 2.19. The molecule has 2 aromatic heterocycles. The third-order valence-electron chi connectivity index (χ3n) is 4.02. The number of carbonyl (C=O) groups is 1. The van der Waals surface area contributed by atoms with E-state index in [-0.39, 0.29) is 42.8 Å². The molecule has 1 atom stereocenters. The van der Waals surface area contributed by atoms with Crippen LogP contribution in [-0.4, -0.2) is 51.4 Å². The van der Waals surface area contributed by atoms with Gasteiger partial charge in [-0.2, -0.15) is 5.10 Å². The Balaban J connectivity index is 0.00000420. The van der Waals surface area contributed by atoms with Crippen LogP contribution in [0.5, 0.6) is 0 Å². The first-order valence-electron chi connectivity index (χ1n) is 9.27. The Morgan fingerprint density at radius 2 is 2.10 bits per heavy atom. The lowest BCUT2D eigenvalue weighted by molar-refractivity contribution is -0.116. The zero-order valence-electron chi connectivity index (χ0n) is 17.3. The van der Waals surface area contributed by atoms with Gasteiger partial charge in [-0.15, -0.1) is 24.0 Å². The molecule has 0 aliphatic carbocycles. The van der Waals surface area contributed by atoms with Crippen LogP contribution in [0, 0.1) is 6.92 Å². The van der Waals surface area contributed by atoms with Gasteiger partial charge in [-0.1, -0.05) is 6.07 Å². The summed E-state index contributed by atoms with van der Waals surface area (Å²) in [4.78, 5) is 20.7. The average molecular weight is 515 g/mol. The minimum atomic E-state index is -1.13. The van der Waals surface area contributed by atoms with Gasteiger partial charge in [-0.3, -0.25) is 9.48 Å². The third kappa shape index (κ3) is 8.36. The molecule has 10 heteroatoms. The summed E-state index contributed by atoms with van der Waals surface area (Å²) in [6.07, 6.45) is 3.65. The van der Waals surface area contributed by atoms with Crippen molar-refractivity contribution in [1.82, 2.24) is 25.4 Å². The van der Waals surface area contributed by atoms with Crippen LogP contribution in [0.15, 0.2) is 35.6 Å². The van der Waals surface area contributed by atoms with Crippen LogP contribution < -0.4 is 16.0 Å². The van der Waals surface area contributed by atoms with Gasteiger partial charge in [0, 0.05) is 44.0 Å². The molecule has 2 rings (SSSR count). The van der Waals surface area contributed by atoms with Crippen molar-refractivity contribution in [1.29, 1.82) is 0 Å². The summed E-state index contributed by atoms with van der Waals surface area (Å²) >= 11 is 0. The summed E-state index contributed by atoms with van der Waals surface area (Å²) in [6, 6.07) is 5.47. The number of hydrogen-bond donors (Lipinski definition) is 4. The van der Waals surface area contributed by atoms with E-state index in [4.69, 9.17) is 0 Å². The summed E-state index contributed by atoms with van der Waals surface area (Å²) in [7, 11) is 1.80. The molecular weight excluding hydrogens is 485 g/mol. The summed E-state index contributed by atoms with van der Waals surface area (Å²) in [5.41, 5.74) is 0.406. The number of rotatable bonds is 8. The predicted octanol–water partition coefficient (Wildman–Crippen LogP) is 1.53. The van der Waals surface area contributed by atoms with Gasteiger partial charge in [-0.25, -0.2) is 9.98 Å². The van der Waals surface area contributed by atoms with Crippen LogP contribution in [0.1, 0.15) is 31.5 Å². The van der Waals surface area contributed by atoms with E-state index < -0.39 is 5.60 Å². The van der Waals surface area contributed by atoms with Gasteiger partial charge in [0.2, 0.25) is 5.91 Å². The second kappa shape index (κ2) is 11.7. The standard InChI is InChI=1S/C19H29N7O2.HI/c1-5-20-18(22-13-19(3,28)15-11-23-26(4)12-15)21-10-9-17(27)25-16-8-6-7-14(2)24-16;/h6-8,11-12,28H,5,9-10,13H2,1-4H3,(H2,20,21,22)(H,24,25,27);1H. The van der Waals surface area contributed by atoms with Crippen molar-refractivity contribution in [3.05, 3.63) is 41.9 Å². The first-order chi connectivity index (χ1) is 13.3. The maximum atomic E-state index is 12.1. The molecule has 2 aromatic rings. The number of halogens is 1. The summed E-state index contributed by atoms with van der Waals surface area (Å²) < 4.78 is 1.64. The lowest BCUT2D eigenvalue weighted by Gasteiger charge is -2.20. The number of hydrogen-bond acceptors (Lipinski definition) is 5. The van der Waals surface area contributed by atoms with Gasteiger partial charge in [0.05, 0.1) is 12.7 Å². The quantitative estimate of drug-likeness (QED) is 0.241. The van der Waals surface area contributed by atoms with Crippen LogP contribution >= 0.6 is 24.0 Å². The van der Waals surface area contributed by atoms with E-state index in [1.54, 1.807) is 37.1 Å². The zero-order chi connectivity index (χ0) is 20.6. The Morgan fingerprint density at radius 3 is 2.72 bits per heavy atom. The number of amides is 1. The van der Waals surface area contributed by atoms with Crippen molar-refractivity contribution >= 4 is 41.7 Å². The van der Waals surface area contributed by atoms with Crippen molar-refractivity contribution < 1.29 is 9.90 Å². The molecule has 0 radical (unpaired) electrons. The van der Waals surface area contributed by atoms with E-state index in [0.29, 0.717) is 30.4 Å². The molecule has 29 heavy (non-hydrogen) atoms. The molecule has 0 fully saturated rings. The average Bonchev–Trinajstić information content (AvgIpc) is 3.07. The Hall–Kier alpha value is -2.21. The van der Waals surface area contributed by atoms with E-state index in [2.05, 4.69) is 31.0 Å². The zero-order valence-corrected chi connectivity index (χ0v) is 19.6. The number of carbonyl (C=O) groups excluding carboxylic acids is 1. The lowest BCUT2D eigenvalue weighted by Crippen LogP contribution is -2.40. The van der Waals surface area contributed by atoms with E-state index in [9.17, 15) is 9.90 Å². The van der Waals surface area contributed by atoms with Gasteiger partial charge in [-0.05, 0) is 32.9 Å². The minimum Gasteiger partial charge on any atom is -0.383 e. The highest BCUT2D eigenvalue weighted by atomic mass is 127. The molecule has 2 heterocycles. The number of nitrogens with one attached hydrogen (secondary N) is 3. The number of guanidine groups is 1. The van der Waals surface area contributed by atoms with Crippen LogP contribution in [0.3, 0.4) is 0 Å². The van der Waals surface area contributed by atoms with Crippen LogP contribution in [-0.2, 0) is 17.4 Å². The summed E-state index contributed by atoms with van der Waals surface area (Å²) in [6.45, 7) is 6.75.